The molecule has 2 rings (SSSR count). The van der Waals surface area contributed by atoms with Gasteiger partial charge < -0.3 is 14.5 Å². The molecule has 0 aliphatic carbocycles. The minimum absolute atomic E-state index is 0.170. The summed E-state index contributed by atoms with van der Waals surface area (Å²) >= 11 is 0. The average Bonchev–Trinajstić information content (AvgIpc) is 2.88. The molecule has 0 amide bonds. The van der Waals surface area contributed by atoms with Gasteiger partial charge in [0.25, 0.3) is 0 Å². The van der Waals surface area contributed by atoms with Gasteiger partial charge in [0.15, 0.2) is 0 Å². The molecule has 4 nitrogen and oxygen atoms in total. The lowest BCUT2D eigenvalue weighted by Crippen LogP contribution is -2.12. The molecule has 2 heterocycles. The molecule has 15 heavy (non-hydrogen) atoms. The fourth-order valence-electron chi connectivity index (χ4n) is 1.77. The molecule has 0 spiro atoms. The van der Waals surface area contributed by atoms with E-state index in [2.05, 4.69) is 10.3 Å². The molecular weight excluding hydrogens is 192 g/mol. The van der Waals surface area contributed by atoms with E-state index in [1.165, 1.54) is 6.42 Å². The largest absolute Gasteiger partial charge is 0.444 e. The van der Waals surface area contributed by atoms with Gasteiger partial charge in [-0.15, -0.1) is 0 Å². The van der Waals surface area contributed by atoms with Gasteiger partial charge in [0.1, 0.15) is 5.76 Å². The molecule has 4 heteroatoms. The molecule has 2 atom stereocenters. The van der Waals surface area contributed by atoms with E-state index in [9.17, 15) is 0 Å². The number of rotatable bonds is 4. The Morgan fingerprint density at radius 1 is 1.67 bits per heavy atom. The predicted octanol–water partition coefficient (Wildman–Crippen LogP) is 1.68. The van der Waals surface area contributed by atoms with Crippen molar-refractivity contribution in [1.29, 1.82) is 0 Å². The fourth-order valence-corrected chi connectivity index (χ4v) is 1.77. The highest BCUT2D eigenvalue weighted by molar-refractivity contribution is 4.99. The van der Waals surface area contributed by atoms with Gasteiger partial charge in [-0.3, -0.25) is 0 Å². The van der Waals surface area contributed by atoms with Crippen molar-refractivity contribution in [2.45, 2.75) is 38.3 Å². The van der Waals surface area contributed by atoms with Gasteiger partial charge in [-0.05, 0) is 26.8 Å². The Balaban J connectivity index is 1.94. The van der Waals surface area contributed by atoms with Crippen molar-refractivity contribution in [2.75, 3.05) is 13.7 Å². The molecule has 1 aliphatic rings. The van der Waals surface area contributed by atoms with Gasteiger partial charge in [0.2, 0.25) is 5.89 Å². The van der Waals surface area contributed by atoms with Gasteiger partial charge in [0, 0.05) is 13.0 Å². The van der Waals surface area contributed by atoms with Crippen LogP contribution in [-0.2, 0) is 11.2 Å². The Morgan fingerprint density at radius 3 is 3.20 bits per heavy atom. The van der Waals surface area contributed by atoms with E-state index in [0.29, 0.717) is 6.10 Å². The highest BCUT2D eigenvalue weighted by Gasteiger charge is 2.19. The van der Waals surface area contributed by atoms with Gasteiger partial charge in [-0.2, -0.15) is 0 Å². The minimum atomic E-state index is 0.170. The highest BCUT2D eigenvalue weighted by atomic mass is 16.5. The maximum absolute atomic E-state index is 5.64. The molecule has 1 saturated heterocycles. The second kappa shape index (κ2) is 4.77. The number of ether oxygens (including phenoxy) is 1. The van der Waals surface area contributed by atoms with Crippen LogP contribution >= 0.6 is 0 Å². The van der Waals surface area contributed by atoms with Crippen LogP contribution in [0.15, 0.2) is 10.6 Å². The molecule has 0 bridgehead atoms. The van der Waals surface area contributed by atoms with Gasteiger partial charge in [0.05, 0.1) is 18.3 Å². The maximum Gasteiger partial charge on any atom is 0.211 e. The molecule has 1 aromatic heterocycles. The molecule has 2 unspecified atom stereocenters. The quantitative estimate of drug-likeness (QED) is 0.821. The molecule has 0 saturated carbocycles. The van der Waals surface area contributed by atoms with Crippen LogP contribution in [0.5, 0.6) is 0 Å². The van der Waals surface area contributed by atoms with E-state index >= 15 is 0 Å². The second-order valence-corrected chi connectivity index (χ2v) is 4.01. The summed E-state index contributed by atoms with van der Waals surface area (Å²) in [6.45, 7) is 2.92. The third-order valence-corrected chi connectivity index (χ3v) is 2.83. The van der Waals surface area contributed by atoms with Crippen LogP contribution in [0.1, 0.15) is 37.5 Å². The van der Waals surface area contributed by atoms with Crippen molar-refractivity contribution in [3.05, 3.63) is 17.8 Å². The zero-order valence-electron chi connectivity index (χ0n) is 9.32. The summed E-state index contributed by atoms with van der Waals surface area (Å²) in [5.41, 5.74) is 0. The predicted molar refractivity (Wildman–Crippen MR) is 56.7 cm³/mol. The molecule has 1 aliphatic heterocycles. The van der Waals surface area contributed by atoms with Crippen LogP contribution in [0.2, 0.25) is 0 Å². The van der Waals surface area contributed by atoms with E-state index < -0.39 is 0 Å². The Hall–Kier alpha value is -0.870. The first-order valence-electron chi connectivity index (χ1n) is 5.53. The molecule has 1 N–H and O–H groups in total. The summed E-state index contributed by atoms with van der Waals surface area (Å²) in [7, 11) is 1.90. The lowest BCUT2D eigenvalue weighted by atomic mass is 10.1. The topological polar surface area (TPSA) is 47.3 Å². The minimum Gasteiger partial charge on any atom is -0.444 e. The third kappa shape index (κ3) is 2.58. The Morgan fingerprint density at radius 2 is 2.53 bits per heavy atom. The third-order valence-electron chi connectivity index (χ3n) is 2.83. The van der Waals surface area contributed by atoms with E-state index in [1.54, 1.807) is 0 Å². The van der Waals surface area contributed by atoms with Crippen LogP contribution in [0.25, 0.3) is 0 Å². The Bertz CT molecular complexity index is 305. The maximum atomic E-state index is 5.64. The van der Waals surface area contributed by atoms with Crippen molar-refractivity contribution in [3.63, 3.8) is 0 Å². The number of hydrogen-bond acceptors (Lipinski definition) is 4. The van der Waals surface area contributed by atoms with Crippen LogP contribution in [0.4, 0.5) is 0 Å². The summed E-state index contributed by atoms with van der Waals surface area (Å²) < 4.78 is 11.2. The first kappa shape index (κ1) is 10.6. The number of oxazole rings is 1. The Kier molecular flexibility index (Phi) is 3.38. The highest BCUT2D eigenvalue weighted by Crippen LogP contribution is 2.19. The first-order chi connectivity index (χ1) is 7.29. The summed E-state index contributed by atoms with van der Waals surface area (Å²) in [5.74, 6) is 1.68. The van der Waals surface area contributed by atoms with E-state index in [-0.39, 0.29) is 6.04 Å². The number of aromatic nitrogens is 1. The number of hydrogen-bond donors (Lipinski definition) is 1. The van der Waals surface area contributed by atoms with Crippen LogP contribution in [0, 0.1) is 0 Å². The molecule has 0 radical (unpaired) electrons. The lowest BCUT2D eigenvalue weighted by Gasteiger charge is -2.06. The SMILES string of the molecule is CNC(C)c1ncc(CC2CCCO2)o1. The molecule has 0 aromatic carbocycles. The smallest absolute Gasteiger partial charge is 0.211 e. The average molecular weight is 210 g/mol. The van der Waals surface area contributed by atoms with Crippen molar-refractivity contribution >= 4 is 0 Å². The normalized spacial score (nSPS) is 23.2. The standard InChI is InChI=1S/C11H18N2O2/c1-8(12-2)11-13-7-10(15-11)6-9-4-3-5-14-9/h7-9,12H,3-6H2,1-2H3. The second-order valence-electron chi connectivity index (χ2n) is 4.01. The lowest BCUT2D eigenvalue weighted by molar-refractivity contribution is 0.106. The first-order valence-corrected chi connectivity index (χ1v) is 5.53. The van der Waals surface area contributed by atoms with Gasteiger partial charge >= 0.3 is 0 Å². The number of nitrogens with one attached hydrogen (secondary N) is 1. The van der Waals surface area contributed by atoms with E-state index in [1.807, 2.05) is 20.2 Å². The summed E-state index contributed by atoms with van der Waals surface area (Å²) in [4.78, 5) is 4.24. The molecule has 84 valence electrons. The molecule has 1 aromatic rings. The van der Waals surface area contributed by atoms with Crippen molar-refractivity contribution in [1.82, 2.24) is 10.3 Å². The fraction of sp³-hybridized carbons (Fsp3) is 0.727. The molecular formula is C11H18N2O2. The summed E-state index contributed by atoms with van der Waals surface area (Å²) in [6, 6.07) is 0.170. The zero-order valence-corrected chi connectivity index (χ0v) is 9.32. The van der Waals surface area contributed by atoms with E-state index in [4.69, 9.17) is 9.15 Å². The van der Waals surface area contributed by atoms with Gasteiger partial charge in [-0.25, -0.2) is 4.98 Å². The summed E-state index contributed by atoms with van der Waals surface area (Å²) in [6.07, 6.45) is 5.29. The van der Waals surface area contributed by atoms with Crippen molar-refractivity contribution in [3.8, 4) is 0 Å². The molecule has 1 fully saturated rings. The van der Waals surface area contributed by atoms with Crippen LogP contribution < -0.4 is 5.32 Å². The van der Waals surface area contributed by atoms with Crippen molar-refractivity contribution in [2.24, 2.45) is 0 Å². The van der Waals surface area contributed by atoms with E-state index in [0.717, 1.165) is 31.1 Å². The van der Waals surface area contributed by atoms with Gasteiger partial charge in [-0.1, -0.05) is 0 Å². The van der Waals surface area contributed by atoms with Crippen LogP contribution in [0.3, 0.4) is 0 Å². The van der Waals surface area contributed by atoms with Crippen LogP contribution in [-0.4, -0.2) is 24.7 Å². The number of nitrogens with zero attached hydrogens (tertiary/aromatic N) is 1. The summed E-state index contributed by atoms with van der Waals surface area (Å²) in [5, 5.41) is 3.10. The zero-order chi connectivity index (χ0) is 10.7. The Labute approximate surface area is 90.0 Å². The monoisotopic (exact) mass is 210 g/mol. The van der Waals surface area contributed by atoms with Crippen molar-refractivity contribution < 1.29 is 9.15 Å².